The molecule has 2 heteroatoms. The second kappa shape index (κ2) is 4.84. The summed E-state index contributed by atoms with van der Waals surface area (Å²) in [6.45, 7) is 7.33. The van der Waals surface area contributed by atoms with E-state index in [9.17, 15) is 0 Å². The molecule has 2 nitrogen and oxygen atoms in total. The van der Waals surface area contributed by atoms with Crippen LogP contribution in [0.5, 0.6) is 0 Å². The minimum Gasteiger partial charge on any atom is -0.312 e. The van der Waals surface area contributed by atoms with Gasteiger partial charge in [0.25, 0.3) is 0 Å². The van der Waals surface area contributed by atoms with E-state index in [2.05, 4.69) is 31.1 Å². The van der Waals surface area contributed by atoms with Crippen LogP contribution in [-0.4, -0.2) is 37.1 Å². The zero-order valence-electron chi connectivity index (χ0n) is 10.5. The largest absolute Gasteiger partial charge is 0.312 e. The second-order valence-corrected chi connectivity index (χ2v) is 5.87. The molecule has 2 aliphatic heterocycles. The Hall–Kier alpha value is -0.0800. The van der Waals surface area contributed by atoms with Gasteiger partial charge < -0.3 is 10.2 Å². The number of piperidine rings is 2. The van der Waals surface area contributed by atoms with Crippen molar-refractivity contribution in [2.24, 2.45) is 11.8 Å². The highest BCUT2D eigenvalue weighted by Crippen LogP contribution is 2.28. The van der Waals surface area contributed by atoms with Gasteiger partial charge in [0.05, 0.1) is 0 Å². The second-order valence-electron chi connectivity index (χ2n) is 5.87. The van der Waals surface area contributed by atoms with E-state index in [-0.39, 0.29) is 0 Å². The van der Waals surface area contributed by atoms with Crippen molar-refractivity contribution in [2.45, 2.75) is 51.6 Å². The van der Waals surface area contributed by atoms with Crippen LogP contribution >= 0.6 is 0 Å². The molecule has 0 saturated carbocycles. The van der Waals surface area contributed by atoms with Crippen LogP contribution in [0, 0.1) is 11.8 Å². The average Bonchev–Trinajstić information content (AvgIpc) is 2.22. The van der Waals surface area contributed by atoms with Crippen LogP contribution in [0.2, 0.25) is 0 Å². The maximum atomic E-state index is 3.73. The summed E-state index contributed by atoms with van der Waals surface area (Å²) in [6.07, 6.45) is 5.51. The summed E-state index contributed by atoms with van der Waals surface area (Å²) >= 11 is 0. The average molecular weight is 210 g/mol. The first-order valence-corrected chi connectivity index (χ1v) is 6.60. The Kier molecular flexibility index (Phi) is 3.68. The third kappa shape index (κ3) is 2.73. The number of rotatable bonds is 1. The molecule has 0 aromatic rings. The minimum atomic E-state index is 0.751. The third-order valence-corrected chi connectivity index (χ3v) is 4.35. The fraction of sp³-hybridized carbons (Fsp3) is 1.00. The van der Waals surface area contributed by atoms with Gasteiger partial charge in [-0.05, 0) is 57.7 Å². The topological polar surface area (TPSA) is 15.3 Å². The molecule has 2 fully saturated rings. The standard InChI is InChI=1S/C13H26N2/c1-10-4-6-14-12(8-10)13-9-11(2)5-7-15(13)3/h10-14H,4-9H2,1-3H3. The highest BCUT2D eigenvalue weighted by Gasteiger charge is 2.32. The molecule has 0 radical (unpaired) electrons. The summed E-state index contributed by atoms with van der Waals surface area (Å²) in [5.74, 6) is 1.84. The molecule has 0 bridgehead atoms. The summed E-state index contributed by atoms with van der Waals surface area (Å²) in [5, 5.41) is 3.73. The fourth-order valence-electron chi connectivity index (χ4n) is 3.21. The number of likely N-dealkylation sites (N-methyl/N-ethyl adjacent to an activating group) is 1. The summed E-state index contributed by atoms with van der Waals surface area (Å²) in [5.41, 5.74) is 0. The molecular weight excluding hydrogens is 184 g/mol. The quantitative estimate of drug-likeness (QED) is 0.713. The van der Waals surface area contributed by atoms with E-state index in [1.165, 1.54) is 38.8 Å². The Morgan fingerprint density at radius 1 is 1.07 bits per heavy atom. The van der Waals surface area contributed by atoms with E-state index in [1.54, 1.807) is 0 Å². The van der Waals surface area contributed by atoms with E-state index >= 15 is 0 Å². The molecule has 88 valence electrons. The summed E-state index contributed by atoms with van der Waals surface area (Å²) in [7, 11) is 2.30. The molecular formula is C13H26N2. The lowest BCUT2D eigenvalue weighted by Crippen LogP contribution is -2.54. The van der Waals surface area contributed by atoms with Gasteiger partial charge in [-0.1, -0.05) is 13.8 Å². The number of hydrogen-bond acceptors (Lipinski definition) is 2. The monoisotopic (exact) mass is 210 g/mol. The maximum Gasteiger partial charge on any atom is 0.0248 e. The Balaban J connectivity index is 1.94. The molecule has 4 unspecified atom stereocenters. The zero-order valence-corrected chi connectivity index (χ0v) is 10.5. The van der Waals surface area contributed by atoms with Gasteiger partial charge in [0.2, 0.25) is 0 Å². The van der Waals surface area contributed by atoms with Crippen molar-refractivity contribution < 1.29 is 0 Å². The van der Waals surface area contributed by atoms with Crippen molar-refractivity contribution in [1.82, 2.24) is 10.2 Å². The molecule has 1 N–H and O–H groups in total. The van der Waals surface area contributed by atoms with Crippen molar-refractivity contribution >= 4 is 0 Å². The van der Waals surface area contributed by atoms with Crippen LogP contribution in [0.3, 0.4) is 0 Å². The molecule has 0 aromatic heterocycles. The van der Waals surface area contributed by atoms with Crippen molar-refractivity contribution in [3.63, 3.8) is 0 Å². The predicted molar refractivity (Wildman–Crippen MR) is 65.0 cm³/mol. The lowest BCUT2D eigenvalue weighted by molar-refractivity contribution is 0.0953. The lowest BCUT2D eigenvalue weighted by atomic mass is 9.83. The molecule has 0 aliphatic carbocycles. The number of nitrogens with zero attached hydrogens (tertiary/aromatic N) is 1. The van der Waals surface area contributed by atoms with Gasteiger partial charge in [-0.2, -0.15) is 0 Å². The minimum absolute atomic E-state index is 0.751. The normalized spacial score (nSPS) is 44.2. The molecule has 4 atom stereocenters. The SMILES string of the molecule is CC1CCNC(C2CC(C)CCN2C)C1. The third-order valence-electron chi connectivity index (χ3n) is 4.35. The lowest BCUT2D eigenvalue weighted by Gasteiger charge is -2.43. The Morgan fingerprint density at radius 3 is 2.53 bits per heavy atom. The van der Waals surface area contributed by atoms with Gasteiger partial charge in [-0.25, -0.2) is 0 Å². The first-order chi connectivity index (χ1) is 7.16. The highest BCUT2D eigenvalue weighted by atomic mass is 15.2. The Bertz CT molecular complexity index is 205. The molecule has 15 heavy (non-hydrogen) atoms. The first kappa shape index (κ1) is 11.4. The van der Waals surface area contributed by atoms with Crippen molar-refractivity contribution in [3.05, 3.63) is 0 Å². The summed E-state index contributed by atoms with van der Waals surface area (Å²) in [4.78, 5) is 2.58. The predicted octanol–water partition coefficient (Wildman–Crippen LogP) is 2.10. The Morgan fingerprint density at radius 2 is 1.80 bits per heavy atom. The molecule has 2 heterocycles. The van der Waals surface area contributed by atoms with Gasteiger partial charge in [0.15, 0.2) is 0 Å². The molecule has 0 aromatic carbocycles. The first-order valence-electron chi connectivity index (χ1n) is 6.60. The van der Waals surface area contributed by atoms with Crippen LogP contribution in [0.4, 0.5) is 0 Å². The maximum absolute atomic E-state index is 3.73. The van der Waals surface area contributed by atoms with Crippen molar-refractivity contribution in [1.29, 1.82) is 0 Å². The van der Waals surface area contributed by atoms with Crippen LogP contribution in [0.1, 0.15) is 39.5 Å². The Labute approximate surface area is 94.4 Å². The molecule has 2 saturated heterocycles. The highest BCUT2D eigenvalue weighted by molar-refractivity contribution is 4.91. The van der Waals surface area contributed by atoms with Gasteiger partial charge >= 0.3 is 0 Å². The van der Waals surface area contributed by atoms with E-state index < -0.39 is 0 Å². The molecule has 0 amide bonds. The summed E-state index contributed by atoms with van der Waals surface area (Å²) in [6, 6.07) is 1.54. The smallest absolute Gasteiger partial charge is 0.0248 e. The van der Waals surface area contributed by atoms with Gasteiger partial charge in [0.1, 0.15) is 0 Å². The van der Waals surface area contributed by atoms with E-state index in [0.29, 0.717) is 0 Å². The van der Waals surface area contributed by atoms with Crippen LogP contribution in [0.25, 0.3) is 0 Å². The van der Waals surface area contributed by atoms with Crippen molar-refractivity contribution in [3.8, 4) is 0 Å². The van der Waals surface area contributed by atoms with Crippen LogP contribution in [-0.2, 0) is 0 Å². The fourth-order valence-corrected chi connectivity index (χ4v) is 3.21. The molecule has 0 spiro atoms. The zero-order chi connectivity index (χ0) is 10.8. The van der Waals surface area contributed by atoms with E-state index in [4.69, 9.17) is 0 Å². The van der Waals surface area contributed by atoms with Crippen LogP contribution < -0.4 is 5.32 Å². The van der Waals surface area contributed by atoms with Crippen molar-refractivity contribution in [2.75, 3.05) is 20.1 Å². The van der Waals surface area contributed by atoms with E-state index in [0.717, 1.165) is 23.9 Å². The van der Waals surface area contributed by atoms with E-state index in [1.807, 2.05) is 0 Å². The van der Waals surface area contributed by atoms with Crippen LogP contribution in [0.15, 0.2) is 0 Å². The van der Waals surface area contributed by atoms with Gasteiger partial charge in [0, 0.05) is 12.1 Å². The molecule has 2 rings (SSSR count). The van der Waals surface area contributed by atoms with Gasteiger partial charge in [-0.3, -0.25) is 0 Å². The summed E-state index contributed by atoms with van der Waals surface area (Å²) < 4.78 is 0. The number of hydrogen-bond donors (Lipinski definition) is 1. The van der Waals surface area contributed by atoms with Gasteiger partial charge in [-0.15, -0.1) is 0 Å². The number of likely N-dealkylation sites (tertiary alicyclic amines) is 1. The molecule has 2 aliphatic rings. The number of nitrogens with one attached hydrogen (secondary N) is 1.